The second-order valence-corrected chi connectivity index (χ2v) is 11.6. The van der Waals surface area contributed by atoms with Crippen molar-refractivity contribution in [3.05, 3.63) is 35.9 Å². The van der Waals surface area contributed by atoms with E-state index in [-0.39, 0.29) is 16.7 Å². The first-order chi connectivity index (χ1) is 8.15. The molecule has 1 aromatic rings. The van der Waals surface area contributed by atoms with E-state index in [9.17, 15) is 21.7 Å². The molecule has 1 aromatic carbocycles. The van der Waals surface area contributed by atoms with E-state index in [0.29, 0.717) is 5.75 Å². The van der Waals surface area contributed by atoms with E-state index in [4.69, 9.17) is 0 Å². The summed E-state index contributed by atoms with van der Waals surface area (Å²) in [4.78, 5) is 11.5. The van der Waals surface area contributed by atoms with Crippen LogP contribution in [0.2, 0.25) is 0 Å². The molecular weight excluding hydrogens is 404 g/mol. The average Bonchev–Trinajstić information content (AvgIpc) is 2.13. The van der Waals surface area contributed by atoms with Crippen LogP contribution in [0.5, 0.6) is 0 Å². The predicted octanol–water partition coefficient (Wildman–Crippen LogP) is 3.89. The monoisotopic (exact) mass is 416 g/mol. The minimum atomic E-state index is -11.2. The van der Waals surface area contributed by atoms with Crippen LogP contribution in [-0.4, -0.2) is 43.5 Å². The Morgan fingerprint density at radius 2 is 1.37 bits per heavy atom. The second-order valence-electron chi connectivity index (χ2n) is 3.88. The Balaban J connectivity index is 0.000000399. The number of rotatable bonds is 3. The molecule has 0 aliphatic rings. The molecule has 0 aliphatic carbocycles. The molecule has 0 radical (unpaired) electrons. The van der Waals surface area contributed by atoms with Crippen LogP contribution in [0.3, 0.4) is 0 Å². The van der Waals surface area contributed by atoms with Crippen molar-refractivity contribution < 1.29 is 21.7 Å². The Bertz CT molecular complexity index is 416. The van der Waals surface area contributed by atoms with Crippen molar-refractivity contribution in [1.82, 2.24) is 0 Å². The molecule has 0 saturated heterocycles. The Kier molecular flexibility index (Phi) is 5.45. The molecular formula is C10H13F6OSSb. The molecule has 1 nitrogen and oxygen atoms in total. The summed E-state index contributed by atoms with van der Waals surface area (Å²) in [5.41, 5.74) is 0.832. The number of carbonyl (C=O) groups excluding carboxylic acids is 1. The first kappa shape index (κ1) is 18.6. The Hall–Kier alpha value is -0.362. The first-order valence-electron chi connectivity index (χ1n) is 4.84. The molecule has 112 valence electrons. The van der Waals surface area contributed by atoms with E-state index in [1.165, 1.54) is 0 Å². The zero-order valence-corrected chi connectivity index (χ0v) is 13.5. The van der Waals surface area contributed by atoms with Gasteiger partial charge in [-0.1, -0.05) is 30.3 Å². The summed E-state index contributed by atoms with van der Waals surface area (Å²) in [6.07, 6.45) is 4.17. The van der Waals surface area contributed by atoms with Gasteiger partial charge in [0.2, 0.25) is 5.78 Å². The van der Waals surface area contributed by atoms with E-state index in [2.05, 4.69) is 12.5 Å². The van der Waals surface area contributed by atoms with Crippen molar-refractivity contribution >= 4 is 36.2 Å². The van der Waals surface area contributed by atoms with Gasteiger partial charge in [0.15, 0.2) is 5.75 Å². The van der Waals surface area contributed by atoms with Gasteiger partial charge >= 0.3 is 36.4 Å². The molecule has 0 unspecified atom stereocenters. The van der Waals surface area contributed by atoms with Crippen LogP contribution in [0, 0.1) is 0 Å². The second kappa shape index (κ2) is 5.56. The summed E-state index contributed by atoms with van der Waals surface area (Å²) < 4.78 is 59.6. The molecule has 0 atom stereocenters. The SMILES string of the molecule is C[S+](C)CC(=O)c1ccccc1.[F][Sb-]([F])([F])([F])([F])[F]. The summed E-state index contributed by atoms with van der Waals surface area (Å²) in [7, 11) is 0.204. The van der Waals surface area contributed by atoms with Gasteiger partial charge in [0, 0.05) is 5.56 Å². The molecule has 0 bridgehead atoms. The molecule has 9 heteroatoms. The van der Waals surface area contributed by atoms with E-state index in [1.807, 2.05) is 30.3 Å². The predicted molar refractivity (Wildman–Crippen MR) is 67.3 cm³/mol. The Labute approximate surface area is 112 Å². The van der Waals surface area contributed by atoms with E-state index in [0.717, 1.165) is 5.56 Å². The van der Waals surface area contributed by atoms with Crippen LogP contribution >= 0.6 is 0 Å². The average molecular weight is 417 g/mol. The van der Waals surface area contributed by atoms with Gasteiger partial charge in [-0.15, -0.1) is 0 Å². The Morgan fingerprint density at radius 3 is 1.68 bits per heavy atom. The van der Waals surface area contributed by atoms with E-state index in [1.54, 1.807) is 0 Å². The molecule has 0 fully saturated rings. The topological polar surface area (TPSA) is 17.1 Å². The maximum atomic E-state index is 11.5. The van der Waals surface area contributed by atoms with Crippen molar-refractivity contribution in [2.75, 3.05) is 18.3 Å². The van der Waals surface area contributed by atoms with Crippen molar-refractivity contribution in [3.8, 4) is 0 Å². The molecule has 19 heavy (non-hydrogen) atoms. The van der Waals surface area contributed by atoms with E-state index >= 15 is 0 Å². The normalized spacial score (nSPS) is 15.0. The van der Waals surface area contributed by atoms with Gasteiger partial charge in [-0.25, -0.2) is 0 Å². The first-order valence-corrected chi connectivity index (χ1v) is 12.8. The zero-order valence-electron chi connectivity index (χ0n) is 10.1. The van der Waals surface area contributed by atoms with Gasteiger partial charge in [0.25, 0.3) is 0 Å². The van der Waals surface area contributed by atoms with Gasteiger partial charge in [0.1, 0.15) is 0 Å². The van der Waals surface area contributed by atoms with Crippen molar-refractivity contribution in [2.45, 2.75) is 0 Å². The van der Waals surface area contributed by atoms with Crippen LogP contribution in [0.15, 0.2) is 30.3 Å². The quantitative estimate of drug-likeness (QED) is 0.316. The fraction of sp³-hybridized carbons (Fsp3) is 0.300. The van der Waals surface area contributed by atoms with Crippen molar-refractivity contribution in [3.63, 3.8) is 0 Å². The van der Waals surface area contributed by atoms with Crippen LogP contribution in [0.25, 0.3) is 0 Å². The van der Waals surface area contributed by atoms with Gasteiger partial charge in [-0.2, -0.15) is 0 Å². The summed E-state index contributed by atoms with van der Waals surface area (Å²) in [5, 5.41) is 0. The minimum absolute atomic E-state index is 0.204. The van der Waals surface area contributed by atoms with E-state index < -0.39 is 19.5 Å². The molecule has 0 spiro atoms. The zero-order chi connectivity index (χ0) is 15.4. The number of benzene rings is 1. The molecule has 0 N–H and O–H groups in total. The third kappa shape index (κ3) is 17.6. The number of Topliss-reactive ketones (excluding diaryl/α,β-unsaturated/α-hetero) is 1. The van der Waals surface area contributed by atoms with Gasteiger partial charge in [-0.05, 0) is 10.9 Å². The number of ketones is 1. The summed E-state index contributed by atoms with van der Waals surface area (Å²) in [6, 6.07) is 9.46. The summed E-state index contributed by atoms with van der Waals surface area (Å²) in [6.45, 7) is 0. The van der Waals surface area contributed by atoms with Crippen LogP contribution in [-0.2, 0) is 10.9 Å². The van der Waals surface area contributed by atoms with Crippen LogP contribution in [0.4, 0.5) is 16.9 Å². The molecule has 0 heterocycles. The van der Waals surface area contributed by atoms with Gasteiger partial charge < -0.3 is 0 Å². The standard InChI is InChI=1S/C10H13OS.6FH.Sb/c1-12(2)8-10(11)9-6-4-3-5-7-9;;;;;;;/h3-7H,8H2,1-2H3;6*1H;/q+1;;;;;;;+5/p-6. The fourth-order valence-corrected chi connectivity index (χ4v) is 1.66. The Morgan fingerprint density at radius 1 is 1.00 bits per heavy atom. The van der Waals surface area contributed by atoms with Gasteiger partial charge in [0.05, 0.1) is 12.5 Å². The fourth-order valence-electron chi connectivity index (χ4n) is 0.970. The molecule has 0 aromatic heterocycles. The number of halogens is 6. The molecule has 1 rings (SSSR count). The van der Waals surface area contributed by atoms with Crippen LogP contribution in [0.1, 0.15) is 10.4 Å². The molecule has 0 aliphatic heterocycles. The maximum absolute atomic E-state index is 11.5. The molecule has 0 saturated carbocycles. The summed E-state index contributed by atoms with van der Waals surface area (Å²) >= 11 is -11.2. The third-order valence-corrected chi connectivity index (χ3v) is 2.36. The third-order valence-electron chi connectivity index (χ3n) is 1.52. The summed E-state index contributed by atoms with van der Waals surface area (Å²) in [5.74, 6) is 0.924. The number of carbonyl (C=O) groups is 1. The number of hydrogen-bond acceptors (Lipinski definition) is 1. The number of hydrogen-bond donors (Lipinski definition) is 0. The van der Waals surface area contributed by atoms with Crippen molar-refractivity contribution in [2.24, 2.45) is 0 Å². The van der Waals surface area contributed by atoms with Crippen LogP contribution < -0.4 is 0 Å². The van der Waals surface area contributed by atoms with Gasteiger partial charge in [-0.3, -0.25) is 4.79 Å². The molecule has 0 amide bonds. The van der Waals surface area contributed by atoms with Crippen molar-refractivity contribution in [1.29, 1.82) is 0 Å².